The van der Waals surface area contributed by atoms with Crippen molar-refractivity contribution in [3.8, 4) is 5.75 Å². The fraction of sp³-hybridized carbons (Fsp3) is 0.158. The number of benzene rings is 2. The van der Waals surface area contributed by atoms with Crippen LogP contribution in [0.3, 0.4) is 0 Å². The Labute approximate surface area is 175 Å². The second-order valence-corrected chi connectivity index (χ2v) is 8.00. The molecule has 0 aliphatic carbocycles. The minimum atomic E-state index is -4.52. The fourth-order valence-corrected chi connectivity index (χ4v) is 3.42. The van der Waals surface area contributed by atoms with Gasteiger partial charge in [-0.3, -0.25) is 9.52 Å². The highest BCUT2D eigenvalue weighted by Crippen LogP contribution is 2.31. The van der Waals surface area contributed by atoms with E-state index in [1.165, 1.54) is 42.5 Å². The first-order chi connectivity index (χ1) is 14.5. The quantitative estimate of drug-likeness (QED) is 0.561. The third-order valence-corrected chi connectivity index (χ3v) is 5.22. The number of sulfonamides is 1. The molecule has 0 fully saturated rings. The van der Waals surface area contributed by atoms with Crippen LogP contribution in [0.2, 0.25) is 0 Å². The molecule has 12 heteroatoms. The Hall–Kier alpha value is -3.54. The second-order valence-electron chi connectivity index (χ2n) is 6.32. The summed E-state index contributed by atoms with van der Waals surface area (Å²) in [6.45, 7) is 1.08. The number of carbonyl (C=O) groups is 1. The van der Waals surface area contributed by atoms with Gasteiger partial charge in [-0.1, -0.05) is 11.2 Å². The first-order valence-corrected chi connectivity index (χ1v) is 10.2. The van der Waals surface area contributed by atoms with Crippen LogP contribution in [-0.4, -0.2) is 26.1 Å². The number of hydrogen-bond acceptors (Lipinski definition) is 6. The minimum absolute atomic E-state index is 0.0293. The van der Waals surface area contributed by atoms with Gasteiger partial charge in [-0.2, -0.15) is 13.2 Å². The predicted octanol–water partition coefficient (Wildman–Crippen LogP) is 3.82. The molecule has 2 N–H and O–H groups in total. The van der Waals surface area contributed by atoms with Gasteiger partial charge in [-0.25, -0.2) is 8.42 Å². The topological polar surface area (TPSA) is 111 Å². The smallest absolute Gasteiger partial charge is 0.416 e. The Morgan fingerprint density at radius 1 is 1.13 bits per heavy atom. The van der Waals surface area contributed by atoms with Crippen molar-refractivity contribution in [2.75, 3.05) is 16.6 Å². The summed E-state index contributed by atoms with van der Waals surface area (Å²) in [5.41, 5.74) is -0.620. The minimum Gasteiger partial charge on any atom is -0.484 e. The van der Waals surface area contributed by atoms with E-state index in [1.807, 2.05) is 0 Å². The molecule has 0 aliphatic rings. The summed E-state index contributed by atoms with van der Waals surface area (Å²) in [6, 6.07) is 10.8. The summed E-state index contributed by atoms with van der Waals surface area (Å²) < 4.78 is 74.9. The normalized spacial score (nSPS) is 11.7. The molecule has 0 bridgehead atoms. The van der Waals surface area contributed by atoms with Gasteiger partial charge in [0.1, 0.15) is 11.5 Å². The molecule has 2 aromatic carbocycles. The summed E-state index contributed by atoms with van der Waals surface area (Å²) in [6.07, 6.45) is -4.52. The number of ether oxygens (including phenoxy) is 1. The van der Waals surface area contributed by atoms with Gasteiger partial charge in [0.05, 0.1) is 10.5 Å². The first-order valence-electron chi connectivity index (χ1n) is 8.69. The van der Waals surface area contributed by atoms with Crippen LogP contribution in [0.1, 0.15) is 11.3 Å². The lowest BCUT2D eigenvalue weighted by Gasteiger charge is -2.11. The van der Waals surface area contributed by atoms with Gasteiger partial charge in [0.15, 0.2) is 12.4 Å². The van der Waals surface area contributed by atoms with E-state index in [9.17, 15) is 26.4 Å². The number of nitrogens with zero attached hydrogens (tertiary/aromatic N) is 1. The average molecular weight is 455 g/mol. The summed E-state index contributed by atoms with van der Waals surface area (Å²) in [4.78, 5) is 11.9. The molecule has 1 amide bonds. The van der Waals surface area contributed by atoms with Gasteiger partial charge in [-0.15, -0.1) is 0 Å². The molecule has 1 aromatic heterocycles. The molecule has 0 aliphatic heterocycles. The third-order valence-electron chi connectivity index (χ3n) is 3.85. The highest BCUT2D eigenvalue weighted by atomic mass is 32.2. The van der Waals surface area contributed by atoms with Gasteiger partial charge in [0.25, 0.3) is 15.9 Å². The molecule has 31 heavy (non-hydrogen) atoms. The van der Waals surface area contributed by atoms with E-state index in [2.05, 4.69) is 15.2 Å². The van der Waals surface area contributed by atoms with Crippen molar-refractivity contribution in [2.45, 2.75) is 18.0 Å². The highest BCUT2D eigenvalue weighted by Gasteiger charge is 2.30. The predicted molar refractivity (Wildman–Crippen MR) is 104 cm³/mol. The van der Waals surface area contributed by atoms with E-state index in [0.717, 1.165) is 12.1 Å². The van der Waals surface area contributed by atoms with Crippen LogP contribution >= 0.6 is 0 Å². The SMILES string of the molecule is Cc1cc(NS(=O)(=O)c2ccc(NC(=O)COc3cccc(C(F)(F)F)c3)cc2)no1. The van der Waals surface area contributed by atoms with Gasteiger partial charge in [0, 0.05) is 11.8 Å². The van der Waals surface area contributed by atoms with Crippen LogP contribution in [0.15, 0.2) is 64.0 Å². The van der Waals surface area contributed by atoms with Gasteiger partial charge < -0.3 is 14.6 Å². The van der Waals surface area contributed by atoms with E-state index in [0.29, 0.717) is 5.76 Å². The van der Waals surface area contributed by atoms with Crippen LogP contribution in [0, 0.1) is 6.92 Å². The monoisotopic (exact) mass is 455 g/mol. The maximum Gasteiger partial charge on any atom is 0.416 e. The summed E-state index contributed by atoms with van der Waals surface area (Å²) in [5, 5.41) is 6.01. The zero-order valence-corrected chi connectivity index (χ0v) is 16.8. The van der Waals surface area contributed by atoms with Crippen molar-refractivity contribution < 1.29 is 35.6 Å². The number of halogens is 3. The molecule has 0 unspecified atom stereocenters. The highest BCUT2D eigenvalue weighted by molar-refractivity contribution is 7.92. The molecule has 0 spiro atoms. The standard InChI is InChI=1S/C19H16F3N3O5S/c1-12-9-17(24-30-12)25-31(27,28)16-7-5-14(6-8-16)23-18(26)11-29-15-4-2-3-13(10-15)19(20,21)22/h2-10H,11H2,1H3,(H,23,26)(H,24,25). The Bertz CT molecular complexity index is 1170. The summed E-state index contributed by atoms with van der Waals surface area (Å²) in [5.74, 6) is -0.283. The number of alkyl halides is 3. The molecule has 0 radical (unpaired) electrons. The van der Waals surface area contributed by atoms with Crippen molar-refractivity contribution in [3.63, 3.8) is 0 Å². The lowest BCUT2D eigenvalue weighted by Crippen LogP contribution is -2.20. The number of hydrogen-bond donors (Lipinski definition) is 2. The number of amides is 1. The molecule has 164 valence electrons. The molecule has 1 heterocycles. The molecule has 0 atom stereocenters. The van der Waals surface area contributed by atoms with Crippen LogP contribution in [0.25, 0.3) is 0 Å². The molecule has 0 saturated heterocycles. The van der Waals surface area contributed by atoms with Gasteiger partial charge in [-0.05, 0) is 49.4 Å². The van der Waals surface area contributed by atoms with Crippen molar-refractivity contribution in [1.29, 1.82) is 0 Å². The number of nitrogens with one attached hydrogen (secondary N) is 2. The molecule has 3 rings (SSSR count). The number of anilines is 2. The Morgan fingerprint density at radius 3 is 2.45 bits per heavy atom. The first kappa shape index (κ1) is 22.2. The Balaban J connectivity index is 1.57. The zero-order chi connectivity index (χ0) is 22.6. The number of aromatic nitrogens is 1. The van der Waals surface area contributed by atoms with E-state index in [-0.39, 0.29) is 22.2 Å². The second kappa shape index (κ2) is 8.68. The van der Waals surface area contributed by atoms with E-state index >= 15 is 0 Å². The maximum absolute atomic E-state index is 12.7. The fourth-order valence-electron chi connectivity index (χ4n) is 2.44. The van der Waals surface area contributed by atoms with Gasteiger partial charge in [0.2, 0.25) is 0 Å². The summed E-state index contributed by atoms with van der Waals surface area (Å²) >= 11 is 0. The maximum atomic E-state index is 12.7. The van der Waals surface area contributed by atoms with Gasteiger partial charge >= 0.3 is 6.18 Å². The Morgan fingerprint density at radius 2 is 1.84 bits per heavy atom. The molecule has 3 aromatic rings. The summed E-state index contributed by atoms with van der Waals surface area (Å²) in [7, 11) is -3.91. The molecule has 0 saturated carbocycles. The van der Waals surface area contributed by atoms with Crippen LogP contribution in [-0.2, 0) is 21.0 Å². The number of aryl methyl sites for hydroxylation is 1. The van der Waals surface area contributed by atoms with Crippen molar-refractivity contribution in [1.82, 2.24) is 5.16 Å². The van der Waals surface area contributed by atoms with Crippen molar-refractivity contribution >= 4 is 27.4 Å². The number of carbonyl (C=O) groups excluding carboxylic acids is 1. The average Bonchev–Trinajstić information content (AvgIpc) is 3.10. The Kier molecular flexibility index (Phi) is 6.20. The number of rotatable bonds is 7. The lowest BCUT2D eigenvalue weighted by atomic mass is 10.2. The van der Waals surface area contributed by atoms with Crippen LogP contribution < -0.4 is 14.8 Å². The third kappa shape index (κ3) is 5.98. The molecule has 8 nitrogen and oxygen atoms in total. The van der Waals surface area contributed by atoms with E-state index in [4.69, 9.17) is 9.26 Å². The van der Waals surface area contributed by atoms with Crippen LogP contribution in [0.4, 0.5) is 24.7 Å². The van der Waals surface area contributed by atoms with Crippen molar-refractivity contribution in [3.05, 3.63) is 65.9 Å². The molecular formula is C19H16F3N3O5S. The molecular weight excluding hydrogens is 439 g/mol. The lowest BCUT2D eigenvalue weighted by molar-refractivity contribution is -0.137. The van der Waals surface area contributed by atoms with Crippen LogP contribution in [0.5, 0.6) is 5.75 Å². The van der Waals surface area contributed by atoms with Crippen molar-refractivity contribution in [2.24, 2.45) is 0 Å². The largest absolute Gasteiger partial charge is 0.484 e. The zero-order valence-electron chi connectivity index (χ0n) is 15.9. The van der Waals surface area contributed by atoms with E-state index < -0.39 is 34.3 Å². The van der Waals surface area contributed by atoms with E-state index in [1.54, 1.807) is 6.92 Å².